The number of rotatable bonds is 15. The van der Waals surface area contributed by atoms with Crippen LogP contribution in [0.25, 0.3) is 10.8 Å². The van der Waals surface area contributed by atoms with Gasteiger partial charge in [0, 0.05) is 56.1 Å². The Kier molecular flexibility index (Phi) is 11.0. The summed E-state index contributed by atoms with van der Waals surface area (Å²) in [7, 11) is 3.90. The van der Waals surface area contributed by atoms with Gasteiger partial charge >= 0.3 is 0 Å². The molecule has 7 nitrogen and oxygen atoms in total. The number of sulfonamides is 1. The van der Waals surface area contributed by atoms with E-state index in [2.05, 4.69) is 18.8 Å². The first-order valence-electron chi connectivity index (χ1n) is 11.7. The van der Waals surface area contributed by atoms with Crippen molar-refractivity contribution in [3.63, 3.8) is 0 Å². The summed E-state index contributed by atoms with van der Waals surface area (Å²) >= 11 is 0. The molecule has 0 spiro atoms. The van der Waals surface area contributed by atoms with E-state index in [9.17, 15) is 8.42 Å². The van der Waals surface area contributed by atoms with Crippen LogP contribution in [0, 0.1) is 0 Å². The monoisotopic (exact) mass is 498 g/mol. The second-order valence-corrected chi connectivity index (χ2v) is 12.3. The minimum Gasteiger partial charge on any atom is -0.377 e. The van der Waals surface area contributed by atoms with Gasteiger partial charge in [0.2, 0.25) is 10.0 Å². The SMILES string of the molecule is CCOP(CCC[N+](C)(C)CCCNS(=O)(=O)c1cccc2c(N(C)C)cccc12)OCC. The van der Waals surface area contributed by atoms with Crippen molar-refractivity contribution < 1.29 is 21.9 Å². The molecule has 0 aliphatic rings. The van der Waals surface area contributed by atoms with Crippen molar-refractivity contribution in [1.29, 1.82) is 0 Å². The molecule has 0 aliphatic heterocycles. The molecule has 9 heteroatoms. The Morgan fingerprint density at radius 3 is 2.18 bits per heavy atom. The Bertz CT molecular complexity index is 977. The molecule has 0 saturated heterocycles. The summed E-state index contributed by atoms with van der Waals surface area (Å²) < 4.78 is 41.1. The molecule has 1 N–H and O–H groups in total. The van der Waals surface area contributed by atoms with Crippen molar-refractivity contribution in [1.82, 2.24) is 4.72 Å². The van der Waals surface area contributed by atoms with Crippen molar-refractivity contribution in [3.05, 3.63) is 36.4 Å². The summed E-state index contributed by atoms with van der Waals surface area (Å²) in [5.41, 5.74) is 1.00. The quantitative estimate of drug-likeness (QED) is 0.224. The number of quaternary nitrogens is 1. The zero-order valence-electron chi connectivity index (χ0n) is 21.0. The molecule has 0 fully saturated rings. The van der Waals surface area contributed by atoms with Crippen molar-refractivity contribution in [2.45, 2.75) is 31.6 Å². The van der Waals surface area contributed by atoms with E-state index in [0.717, 1.165) is 53.0 Å². The van der Waals surface area contributed by atoms with Gasteiger partial charge in [-0.3, -0.25) is 0 Å². The minimum atomic E-state index is -3.59. The first kappa shape index (κ1) is 28.0. The van der Waals surface area contributed by atoms with E-state index in [1.807, 2.05) is 63.2 Å². The van der Waals surface area contributed by atoms with Crippen LogP contribution in [-0.4, -0.2) is 80.1 Å². The third-order valence-corrected chi connectivity index (χ3v) is 8.81. The molecule has 0 aromatic heterocycles. The number of nitrogens with zero attached hydrogens (tertiary/aromatic N) is 2. The Hall–Kier alpha value is -1.28. The molecule has 0 aliphatic carbocycles. The van der Waals surface area contributed by atoms with Crippen molar-refractivity contribution in [2.24, 2.45) is 0 Å². The summed E-state index contributed by atoms with van der Waals surface area (Å²) in [5.74, 6) is 0. The van der Waals surface area contributed by atoms with Crippen LogP contribution in [-0.2, 0) is 19.1 Å². The second-order valence-electron chi connectivity index (χ2n) is 8.90. The molecule has 0 amide bonds. The van der Waals surface area contributed by atoms with Gasteiger partial charge in [0.15, 0.2) is 8.38 Å². The Labute approximate surface area is 201 Å². The second kappa shape index (κ2) is 13.0. The van der Waals surface area contributed by atoms with Crippen LogP contribution in [0.5, 0.6) is 0 Å². The van der Waals surface area contributed by atoms with E-state index in [1.165, 1.54) is 0 Å². The first-order valence-corrected chi connectivity index (χ1v) is 14.5. The highest BCUT2D eigenvalue weighted by Gasteiger charge is 2.20. The molecule has 2 aromatic carbocycles. The summed E-state index contributed by atoms with van der Waals surface area (Å²) in [6.45, 7) is 7.66. The van der Waals surface area contributed by atoms with Gasteiger partial charge in [0.05, 0.1) is 45.3 Å². The maximum Gasteiger partial charge on any atom is 0.241 e. The van der Waals surface area contributed by atoms with Crippen LogP contribution in [0.3, 0.4) is 0 Å². The van der Waals surface area contributed by atoms with E-state index >= 15 is 0 Å². The van der Waals surface area contributed by atoms with Gasteiger partial charge in [-0.15, -0.1) is 0 Å². The maximum absolute atomic E-state index is 13.1. The van der Waals surface area contributed by atoms with E-state index in [-0.39, 0.29) is 0 Å². The van der Waals surface area contributed by atoms with E-state index in [4.69, 9.17) is 9.05 Å². The highest BCUT2D eigenvalue weighted by molar-refractivity contribution is 7.89. The predicted molar refractivity (Wildman–Crippen MR) is 140 cm³/mol. The molecule has 33 heavy (non-hydrogen) atoms. The van der Waals surface area contributed by atoms with Crippen molar-refractivity contribution in [3.8, 4) is 0 Å². The van der Waals surface area contributed by atoms with Gasteiger partial charge in [-0.1, -0.05) is 24.3 Å². The average Bonchev–Trinajstić information content (AvgIpc) is 2.76. The fraction of sp³-hybridized carbons (Fsp3) is 0.583. The largest absolute Gasteiger partial charge is 0.377 e. The highest BCUT2D eigenvalue weighted by atomic mass is 32.2. The lowest BCUT2D eigenvalue weighted by Gasteiger charge is -2.30. The summed E-state index contributed by atoms with van der Waals surface area (Å²) in [4.78, 5) is 2.33. The maximum atomic E-state index is 13.1. The Morgan fingerprint density at radius 2 is 1.55 bits per heavy atom. The van der Waals surface area contributed by atoms with Crippen LogP contribution in [0.15, 0.2) is 41.3 Å². The zero-order valence-corrected chi connectivity index (χ0v) is 22.7. The van der Waals surface area contributed by atoms with Crippen LogP contribution in [0.2, 0.25) is 0 Å². The lowest BCUT2D eigenvalue weighted by Crippen LogP contribution is -2.42. The molecule has 0 radical (unpaired) electrons. The van der Waals surface area contributed by atoms with Crippen LogP contribution < -0.4 is 9.62 Å². The van der Waals surface area contributed by atoms with Crippen LogP contribution in [0.1, 0.15) is 26.7 Å². The van der Waals surface area contributed by atoms with Gasteiger partial charge < -0.3 is 18.4 Å². The van der Waals surface area contributed by atoms with E-state index in [1.54, 1.807) is 6.07 Å². The third kappa shape index (κ3) is 8.46. The van der Waals surface area contributed by atoms with E-state index in [0.29, 0.717) is 24.7 Å². The van der Waals surface area contributed by atoms with Crippen LogP contribution >= 0.6 is 8.38 Å². The molecular weight excluding hydrogens is 457 g/mol. The van der Waals surface area contributed by atoms with Gasteiger partial charge in [-0.25, -0.2) is 13.1 Å². The van der Waals surface area contributed by atoms with Gasteiger partial charge in [0.25, 0.3) is 0 Å². The predicted octanol–water partition coefficient (Wildman–Crippen LogP) is 4.43. The third-order valence-electron chi connectivity index (χ3n) is 5.51. The number of hydrogen-bond donors (Lipinski definition) is 1. The molecule has 0 atom stereocenters. The summed E-state index contributed by atoms with van der Waals surface area (Å²) in [6, 6.07) is 11.2. The number of fused-ring (bicyclic) bond motifs is 1. The first-order chi connectivity index (χ1) is 15.6. The zero-order chi connectivity index (χ0) is 24.5. The number of nitrogens with one attached hydrogen (secondary N) is 1. The molecule has 2 aromatic rings. The Balaban J connectivity index is 1.92. The smallest absolute Gasteiger partial charge is 0.241 e. The molecular formula is C24H41N3O4PS+. The van der Waals surface area contributed by atoms with Gasteiger partial charge in [-0.2, -0.15) is 0 Å². The van der Waals surface area contributed by atoms with Gasteiger partial charge in [-0.05, 0) is 26.0 Å². The lowest BCUT2D eigenvalue weighted by molar-refractivity contribution is -0.890. The molecule has 0 unspecified atom stereocenters. The van der Waals surface area contributed by atoms with E-state index < -0.39 is 18.4 Å². The standard InChI is InChI=1S/C24H41N3O4PS/c1-7-30-32(31-8-2)20-12-19-27(5,6)18-11-17-25-33(28,29)24-16-10-13-21-22(24)14-9-15-23(21)26(3)4/h9-10,13-16,25H,7-8,11-12,17-20H2,1-6H3/q+1. The topological polar surface area (TPSA) is 67.9 Å². The molecule has 186 valence electrons. The summed E-state index contributed by atoms with van der Waals surface area (Å²) in [6.07, 6.45) is 2.72. The minimum absolute atomic E-state index is 0.331. The van der Waals surface area contributed by atoms with Crippen LogP contribution in [0.4, 0.5) is 5.69 Å². The fourth-order valence-electron chi connectivity index (χ4n) is 3.87. The Morgan fingerprint density at radius 1 is 0.939 bits per heavy atom. The van der Waals surface area contributed by atoms with Gasteiger partial charge in [0.1, 0.15) is 0 Å². The number of anilines is 1. The summed E-state index contributed by atoms with van der Waals surface area (Å²) in [5, 5.41) is 1.68. The highest BCUT2D eigenvalue weighted by Crippen LogP contribution is 2.38. The lowest BCUT2D eigenvalue weighted by atomic mass is 10.1. The molecule has 0 heterocycles. The molecule has 2 rings (SSSR count). The number of hydrogen-bond acceptors (Lipinski definition) is 5. The average molecular weight is 499 g/mol. The van der Waals surface area contributed by atoms with Crippen molar-refractivity contribution in [2.75, 3.05) is 72.1 Å². The number of benzene rings is 2. The normalized spacial score (nSPS) is 12.6. The van der Waals surface area contributed by atoms with Crippen molar-refractivity contribution >= 4 is 34.9 Å². The molecule has 0 saturated carbocycles. The fourth-order valence-corrected chi connectivity index (χ4v) is 6.48. The molecule has 0 bridgehead atoms.